The van der Waals surface area contributed by atoms with Crippen LogP contribution < -0.4 is 24.2 Å². The number of carboxylic acid groups (broad SMARTS) is 1. The Labute approximate surface area is 60.6 Å². The fraction of sp³-hybridized carbons (Fsp3) is 0.500. The number of carbonyl (C=O) groups is 1. The third kappa shape index (κ3) is 9.39. The molecule has 1 aliphatic heterocycles. The second kappa shape index (κ2) is 10.1. The van der Waals surface area contributed by atoms with Gasteiger partial charge in [0.25, 0.3) is 6.47 Å². The Morgan fingerprint density at radius 3 is 1.88 bits per heavy atom. The first-order valence-electron chi connectivity index (χ1n) is 2.04. The number of nitrogens with one attached hydrogen (secondary N) is 1. The van der Waals surface area contributed by atoms with E-state index in [1.807, 2.05) is 0 Å². The van der Waals surface area contributed by atoms with E-state index in [2.05, 4.69) is 11.9 Å². The Morgan fingerprint density at radius 1 is 1.75 bits per heavy atom. The second-order valence-corrected chi connectivity index (χ2v) is 1.05. The van der Waals surface area contributed by atoms with Crippen molar-refractivity contribution in [3.63, 3.8) is 0 Å². The summed E-state index contributed by atoms with van der Waals surface area (Å²) >= 11 is 0. The van der Waals surface area contributed by atoms with Crippen molar-refractivity contribution in [2.45, 2.75) is 6.42 Å². The maximum Gasteiger partial charge on any atom is 1.00 e. The molecule has 0 unspecified atom stereocenters. The molecule has 0 saturated carbocycles. The van der Waals surface area contributed by atoms with Crippen LogP contribution in [-0.2, 0) is 4.79 Å². The van der Waals surface area contributed by atoms with Gasteiger partial charge in [-0.15, -0.1) is 0 Å². The summed E-state index contributed by atoms with van der Waals surface area (Å²) < 4.78 is 0. The van der Waals surface area contributed by atoms with Crippen molar-refractivity contribution in [2.75, 3.05) is 6.54 Å². The van der Waals surface area contributed by atoms with Crippen LogP contribution in [-0.4, -0.2) is 18.1 Å². The van der Waals surface area contributed by atoms with Crippen molar-refractivity contribution in [1.29, 1.82) is 0 Å². The first-order chi connectivity index (χ1) is 3.41. The van der Waals surface area contributed by atoms with E-state index in [4.69, 9.17) is 9.90 Å². The molecule has 0 aromatic carbocycles. The first kappa shape index (κ1) is 10.9. The zero-order valence-electron chi connectivity index (χ0n) is 4.92. The molecule has 1 saturated heterocycles. The summed E-state index contributed by atoms with van der Waals surface area (Å²) in [6.07, 6.45) is 1.26. The van der Waals surface area contributed by atoms with Crippen LogP contribution in [0.4, 0.5) is 0 Å². The molecule has 0 atom stereocenters. The van der Waals surface area contributed by atoms with E-state index in [0.29, 0.717) is 0 Å². The number of hydrogen-bond donors (Lipinski definition) is 2. The zero-order chi connectivity index (χ0) is 5.54. The average Bonchev–Trinajstić information content (AvgIpc) is 1.27. The van der Waals surface area contributed by atoms with Crippen molar-refractivity contribution in [3.05, 3.63) is 6.54 Å². The summed E-state index contributed by atoms with van der Waals surface area (Å²) in [7, 11) is 0. The molecule has 2 N–H and O–H groups in total. The Bertz CT molecular complexity index is 43.3. The second-order valence-electron chi connectivity index (χ2n) is 1.05. The summed E-state index contributed by atoms with van der Waals surface area (Å²) in [5, 5.41) is 9.88. The summed E-state index contributed by atoms with van der Waals surface area (Å²) in [5.41, 5.74) is 0. The Morgan fingerprint density at radius 2 is 1.88 bits per heavy atom. The monoisotopic (exact) mass is 109 g/mol. The van der Waals surface area contributed by atoms with E-state index in [1.54, 1.807) is 0 Å². The van der Waals surface area contributed by atoms with E-state index < -0.39 is 0 Å². The third-order valence-corrected chi connectivity index (χ3v) is 0.577. The Hall–Kier alpha value is 0.0274. The molecular formula is C4H8LiNO2. The SMILES string of the molecule is O=CO.[CH-]1CCN1.[Li+]. The molecule has 1 fully saturated rings. The number of rotatable bonds is 0. The van der Waals surface area contributed by atoms with E-state index in [9.17, 15) is 0 Å². The third-order valence-electron chi connectivity index (χ3n) is 0.577. The minimum atomic E-state index is -0.250. The van der Waals surface area contributed by atoms with Gasteiger partial charge < -0.3 is 10.4 Å². The molecule has 4 heteroatoms. The molecular weight excluding hydrogens is 101 g/mol. The molecule has 0 aromatic rings. The molecule has 1 rings (SSSR count). The molecule has 0 bridgehead atoms. The van der Waals surface area contributed by atoms with Gasteiger partial charge in [-0.05, 0) is 0 Å². The first-order valence-corrected chi connectivity index (χ1v) is 2.04. The van der Waals surface area contributed by atoms with Gasteiger partial charge in [-0.1, -0.05) is 6.54 Å². The van der Waals surface area contributed by atoms with Crippen LogP contribution in [0.3, 0.4) is 0 Å². The van der Waals surface area contributed by atoms with E-state index in [1.165, 1.54) is 13.0 Å². The van der Waals surface area contributed by atoms with Crippen molar-refractivity contribution in [2.24, 2.45) is 0 Å². The quantitative estimate of drug-likeness (QED) is 0.196. The maximum absolute atomic E-state index is 8.36. The van der Waals surface area contributed by atoms with E-state index >= 15 is 0 Å². The fourth-order valence-electron chi connectivity index (χ4n) is 0.144. The number of hydrogen-bond acceptors (Lipinski definition) is 2. The van der Waals surface area contributed by atoms with Crippen molar-refractivity contribution in [1.82, 2.24) is 5.32 Å². The van der Waals surface area contributed by atoms with Crippen LogP contribution in [0.5, 0.6) is 0 Å². The van der Waals surface area contributed by atoms with Crippen LogP contribution in [0.15, 0.2) is 0 Å². The largest absolute Gasteiger partial charge is 1.00 e. The van der Waals surface area contributed by atoms with Crippen molar-refractivity contribution >= 4 is 6.47 Å². The topological polar surface area (TPSA) is 49.3 Å². The minimum absolute atomic E-state index is 0. The summed E-state index contributed by atoms with van der Waals surface area (Å²) in [6.45, 7) is 3.00. The van der Waals surface area contributed by atoms with E-state index in [0.717, 1.165) is 0 Å². The normalized spacial score (nSPS) is 13.5. The minimum Gasteiger partial charge on any atom is -0.483 e. The van der Waals surface area contributed by atoms with Gasteiger partial charge in [-0.2, -0.15) is 6.42 Å². The molecule has 0 aliphatic carbocycles. The summed E-state index contributed by atoms with van der Waals surface area (Å²) in [6, 6.07) is 0. The molecule has 1 aliphatic rings. The molecule has 42 valence electrons. The van der Waals surface area contributed by atoms with Crippen LogP contribution in [0, 0.1) is 6.54 Å². The van der Waals surface area contributed by atoms with E-state index in [-0.39, 0.29) is 25.3 Å². The standard InChI is InChI=1S/C3H6N.CH2O2.Li/c1-2-4-3-1;2-1-3;/h2,4H,1,3H2;1H,(H,2,3);/q-1;;+1. The predicted octanol–water partition coefficient (Wildman–Crippen LogP) is -3.15. The van der Waals surface area contributed by atoms with Crippen LogP contribution in [0.25, 0.3) is 0 Å². The van der Waals surface area contributed by atoms with Crippen LogP contribution in [0.1, 0.15) is 6.42 Å². The molecule has 8 heavy (non-hydrogen) atoms. The van der Waals surface area contributed by atoms with Gasteiger partial charge in [0.05, 0.1) is 0 Å². The molecule has 0 aromatic heterocycles. The van der Waals surface area contributed by atoms with Crippen LogP contribution >= 0.6 is 0 Å². The van der Waals surface area contributed by atoms with Gasteiger partial charge in [-0.3, -0.25) is 11.3 Å². The maximum atomic E-state index is 8.36. The van der Waals surface area contributed by atoms with Gasteiger partial charge in [-0.25, -0.2) is 0 Å². The van der Waals surface area contributed by atoms with Gasteiger partial charge in [0.2, 0.25) is 0 Å². The summed E-state index contributed by atoms with van der Waals surface area (Å²) in [5.74, 6) is 0. The van der Waals surface area contributed by atoms with Crippen molar-refractivity contribution < 1.29 is 28.8 Å². The summed E-state index contributed by atoms with van der Waals surface area (Å²) in [4.78, 5) is 8.36. The predicted molar refractivity (Wildman–Crippen MR) is 25.6 cm³/mol. The Balaban J connectivity index is 0. The molecule has 1 heterocycles. The van der Waals surface area contributed by atoms with Crippen molar-refractivity contribution in [3.8, 4) is 0 Å². The zero-order valence-corrected chi connectivity index (χ0v) is 4.92. The van der Waals surface area contributed by atoms with Gasteiger partial charge in [0.15, 0.2) is 0 Å². The van der Waals surface area contributed by atoms with Crippen LogP contribution in [0.2, 0.25) is 0 Å². The van der Waals surface area contributed by atoms with Gasteiger partial charge in [0.1, 0.15) is 0 Å². The molecule has 0 radical (unpaired) electrons. The molecule has 0 amide bonds. The molecule has 3 nitrogen and oxygen atoms in total. The van der Waals surface area contributed by atoms with Gasteiger partial charge >= 0.3 is 18.9 Å². The smallest absolute Gasteiger partial charge is 0.483 e. The average molecular weight is 109 g/mol. The van der Waals surface area contributed by atoms with Gasteiger partial charge in [0, 0.05) is 0 Å². The Kier molecular flexibility index (Phi) is 13.8. The fourth-order valence-corrected chi connectivity index (χ4v) is 0.144. The molecule has 0 spiro atoms.